The quantitative estimate of drug-likeness (QED) is 0.486. The van der Waals surface area contributed by atoms with E-state index < -0.39 is 25.2 Å². The lowest BCUT2D eigenvalue weighted by Crippen LogP contribution is -2.28. The summed E-state index contributed by atoms with van der Waals surface area (Å²) in [4.78, 5) is 0. The molecule has 0 aliphatic rings. The van der Waals surface area contributed by atoms with Gasteiger partial charge in [-0.25, -0.2) is 0 Å². The summed E-state index contributed by atoms with van der Waals surface area (Å²) in [6.45, 7) is 13.6. The Morgan fingerprint density at radius 2 is 1.35 bits per heavy atom. The second-order valence-electron chi connectivity index (χ2n) is 6.70. The lowest BCUT2D eigenvalue weighted by atomic mass is 10.2. The Balaban J connectivity index is 2.48. The molecule has 0 N–H and O–H groups in total. The molecule has 0 bridgehead atoms. The van der Waals surface area contributed by atoms with Crippen LogP contribution in [0.2, 0.25) is 39.3 Å². The molecule has 0 atom stereocenters. The maximum Gasteiger partial charge on any atom is 0.311 e. The molecule has 0 aliphatic carbocycles. The van der Waals surface area contributed by atoms with Gasteiger partial charge in [0.25, 0.3) is 0 Å². The predicted molar refractivity (Wildman–Crippen MR) is 91.9 cm³/mol. The van der Waals surface area contributed by atoms with Crippen LogP contribution in [-0.4, -0.2) is 23.2 Å². The first-order chi connectivity index (χ1) is 9.16. The van der Waals surface area contributed by atoms with E-state index in [0.717, 1.165) is 6.42 Å². The molecule has 0 heterocycles. The highest BCUT2D eigenvalue weighted by Gasteiger charge is 2.29. The van der Waals surface area contributed by atoms with Crippen molar-refractivity contribution in [2.45, 2.75) is 45.7 Å². The summed E-state index contributed by atoms with van der Waals surface area (Å²) in [6, 6.07) is 10.4. The van der Waals surface area contributed by atoms with E-state index in [1.165, 1.54) is 5.56 Å². The van der Waals surface area contributed by atoms with Crippen LogP contribution in [0.15, 0.2) is 30.3 Å². The highest BCUT2D eigenvalue weighted by molar-refractivity contribution is 7.45. The van der Waals surface area contributed by atoms with Crippen molar-refractivity contribution in [3.8, 4) is 0 Å². The molecule has 0 aromatic heterocycles. The van der Waals surface area contributed by atoms with Crippen molar-refractivity contribution < 1.29 is 12.9 Å². The van der Waals surface area contributed by atoms with Crippen molar-refractivity contribution in [2.24, 2.45) is 0 Å². The van der Waals surface area contributed by atoms with Crippen LogP contribution in [0.4, 0.5) is 0 Å². The van der Waals surface area contributed by atoms with Gasteiger partial charge in [-0.15, -0.1) is 0 Å². The lowest BCUT2D eigenvalue weighted by molar-refractivity contribution is 0.266. The van der Waals surface area contributed by atoms with Crippen molar-refractivity contribution in [3.05, 3.63) is 35.9 Å². The molecule has 1 aromatic carbocycles. The van der Waals surface area contributed by atoms with Crippen LogP contribution in [-0.2, 0) is 19.4 Å². The maximum absolute atomic E-state index is 6.05. The average molecular weight is 331 g/mol. The summed E-state index contributed by atoms with van der Waals surface area (Å²) >= 11 is 0. The first kappa shape index (κ1) is 18.0. The Kier molecular flexibility index (Phi) is 7.05. The van der Waals surface area contributed by atoms with Gasteiger partial charge in [0.15, 0.2) is 16.6 Å². The number of hydrogen-bond acceptors (Lipinski definition) is 3. The molecule has 1 aromatic rings. The van der Waals surface area contributed by atoms with E-state index in [0.29, 0.717) is 6.61 Å². The van der Waals surface area contributed by atoms with Gasteiger partial charge in [0, 0.05) is 0 Å². The zero-order valence-electron chi connectivity index (χ0n) is 13.5. The molecule has 0 saturated heterocycles. The van der Waals surface area contributed by atoms with E-state index in [1.807, 2.05) is 6.07 Å². The van der Waals surface area contributed by atoms with Crippen molar-refractivity contribution in [1.29, 1.82) is 0 Å². The second kappa shape index (κ2) is 7.83. The maximum atomic E-state index is 6.05. The molecular formula is C14H27O3PSi2. The fourth-order valence-corrected chi connectivity index (χ4v) is 6.13. The molecule has 0 unspecified atom stereocenters. The zero-order valence-corrected chi connectivity index (χ0v) is 16.4. The van der Waals surface area contributed by atoms with E-state index in [1.54, 1.807) is 0 Å². The van der Waals surface area contributed by atoms with Crippen molar-refractivity contribution >= 4 is 25.2 Å². The Hall–Kier alpha value is -0.0362. The van der Waals surface area contributed by atoms with Gasteiger partial charge in [0.1, 0.15) is 0 Å². The van der Waals surface area contributed by atoms with Crippen molar-refractivity contribution in [2.75, 3.05) is 6.61 Å². The van der Waals surface area contributed by atoms with E-state index in [9.17, 15) is 0 Å². The number of benzene rings is 1. The van der Waals surface area contributed by atoms with Crippen LogP contribution in [0.1, 0.15) is 5.56 Å². The van der Waals surface area contributed by atoms with Crippen LogP contribution >= 0.6 is 8.60 Å². The zero-order chi connectivity index (χ0) is 15.2. The van der Waals surface area contributed by atoms with Gasteiger partial charge < -0.3 is 12.9 Å². The lowest BCUT2D eigenvalue weighted by Gasteiger charge is -2.29. The highest BCUT2D eigenvalue weighted by Crippen LogP contribution is 2.45. The van der Waals surface area contributed by atoms with Gasteiger partial charge in [-0.2, -0.15) is 0 Å². The fourth-order valence-electron chi connectivity index (χ4n) is 1.40. The summed E-state index contributed by atoms with van der Waals surface area (Å²) in [6.07, 6.45) is 0.893. The van der Waals surface area contributed by atoms with Crippen LogP contribution in [0.25, 0.3) is 0 Å². The van der Waals surface area contributed by atoms with Gasteiger partial charge >= 0.3 is 8.60 Å². The normalized spacial score (nSPS) is 12.9. The van der Waals surface area contributed by atoms with E-state index in [2.05, 4.69) is 63.5 Å². The van der Waals surface area contributed by atoms with Crippen molar-refractivity contribution in [1.82, 2.24) is 0 Å². The monoisotopic (exact) mass is 330 g/mol. The summed E-state index contributed by atoms with van der Waals surface area (Å²) in [5, 5.41) is 0. The minimum absolute atomic E-state index is 0.644. The first-order valence-corrected chi connectivity index (χ1v) is 14.9. The highest BCUT2D eigenvalue weighted by atomic mass is 31.2. The van der Waals surface area contributed by atoms with Gasteiger partial charge in [-0.05, 0) is 51.3 Å². The predicted octanol–water partition coefficient (Wildman–Crippen LogP) is 5.18. The molecule has 0 saturated carbocycles. The molecule has 0 amide bonds. The third-order valence-corrected chi connectivity index (χ3v) is 8.09. The van der Waals surface area contributed by atoms with E-state index >= 15 is 0 Å². The third kappa shape index (κ3) is 9.00. The van der Waals surface area contributed by atoms with Gasteiger partial charge in [0.05, 0.1) is 6.61 Å². The molecule has 20 heavy (non-hydrogen) atoms. The largest absolute Gasteiger partial charge is 0.355 e. The average Bonchev–Trinajstić information content (AvgIpc) is 2.25. The smallest absolute Gasteiger partial charge is 0.311 e. The van der Waals surface area contributed by atoms with Crippen LogP contribution in [0.3, 0.4) is 0 Å². The van der Waals surface area contributed by atoms with Crippen molar-refractivity contribution in [3.63, 3.8) is 0 Å². The molecule has 0 fully saturated rings. The van der Waals surface area contributed by atoms with E-state index in [-0.39, 0.29) is 0 Å². The number of rotatable bonds is 8. The fraction of sp³-hybridized carbons (Fsp3) is 0.571. The van der Waals surface area contributed by atoms with Crippen LogP contribution in [0.5, 0.6) is 0 Å². The van der Waals surface area contributed by atoms with Gasteiger partial charge in [-0.3, -0.25) is 0 Å². The molecule has 3 nitrogen and oxygen atoms in total. The molecule has 0 radical (unpaired) electrons. The second-order valence-corrected chi connectivity index (χ2v) is 17.3. The molecule has 1 rings (SSSR count). The van der Waals surface area contributed by atoms with Crippen LogP contribution in [0, 0.1) is 0 Å². The molecule has 0 spiro atoms. The molecule has 114 valence electrons. The molecule has 6 heteroatoms. The van der Waals surface area contributed by atoms with Crippen LogP contribution < -0.4 is 0 Å². The minimum Gasteiger partial charge on any atom is -0.355 e. The van der Waals surface area contributed by atoms with E-state index in [4.69, 9.17) is 12.9 Å². The summed E-state index contributed by atoms with van der Waals surface area (Å²) in [7, 11) is -4.51. The SMILES string of the molecule is C[Si](C)(C)OP(OCCc1ccccc1)O[Si](C)(C)C. The Morgan fingerprint density at radius 1 is 0.850 bits per heavy atom. The first-order valence-electron chi connectivity index (χ1n) is 7.01. The molecule has 0 aliphatic heterocycles. The number of hydrogen-bond donors (Lipinski definition) is 0. The molecular weight excluding hydrogens is 303 g/mol. The Morgan fingerprint density at radius 3 is 1.80 bits per heavy atom. The topological polar surface area (TPSA) is 27.7 Å². The summed E-state index contributed by atoms with van der Waals surface area (Å²) in [5.74, 6) is 0. The Bertz CT molecular complexity index is 372. The standard InChI is InChI=1S/C14H27O3PSi2/c1-19(2,3)16-18(17-20(4,5)6)15-13-12-14-10-8-7-9-11-14/h7-11H,12-13H2,1-6H3. The van der Waals surface area contributed by atoms with Gasteiger partial charge in [-0.1, -0.05) is 30.3 Å². The van der Waals surface area contributed by atoms with Gasteiger partial charge in [0.2, 0.25) is 0 Å². The summed E-state index contributed by atoms with van der Waals surface area (Å²) < 4.78 is 18.0. The third-order valence-electron chi connectivity index (χ3n) is 2.13. The summed E-state index contributed by atoms with van der Waals surface area (Å²) in [5.41, 5.74) is 1.28. The minimum atomic E-state index is -1.65. The Labute approximate surface area is 126 Å².